The first-order chi connectivity index (χ1) is 8.17. The van der Waals surface area contributed by atoms with Gasteiger partial charge in [0.05, 0.1) is 7.11 Å². The van der Waals surface area contributed by atoms with Crippen LogP contribution in [0.4, 0.5) is 0 Å². The van der Waals surface area contributed by atoms with E-state index in [9.17, 15) is 0 Å². The van der Waals surface area contributed by atoms with Gasteiger partial charge in [0.2, 0.25) is 0 Å². The third-order valence-electron chi connectivity index (χ3n) is 3.35. The number of hydrogen-bond acceptors (Lipinski definition) is 3. The summed E-state index contributed by atoms with van der Waals surface area (Å²) in [6.07, 6.45) is 3.47. The molecule has 0 spiro atoms. The number of rotatable bonds is 6. The van der Waals surface area contributed by atoms with Gasteiger partial charge in [0, 0.05) is 18.1 Å². The highest BCUT2D eigenvalue weighted by Gasteiger charge is 2.32. The molecule has 3 heteroatoms. The number of nitrogens with two attached hydrogens (primary N) is 1. The summed E-state index contributed by atoms with van der Waals surface area (Å²) in [6.45, 7) is 2.83. The molecule has 1 unspecified atom stereocenters. The molecule has 2 rings (SSSR count). The zero-order valence-electron chi connectivity index (χ0n) is 10.7. The van der Waals surface area contributed by atoms with Gasteiger partial charge in [-0.2, -0.15) is 0 Å². The van der Waals surface area contributed by atoms with Crippen molar-refractivity contribution in [1.29, 1.82) is 0 Å². The Morgan fingerprint density at radius 2 is 2.12 bits per heavy atom. The van der Waals surface area contributed by atoms with E-state index < -0.39 is 0 Å². The molecule has 3 nitrogen and oxygen atoms in total. The molecular formula is C14H22N2O. The second-order valence-corrected chi connectivity index (χ2v) is 5.17. The van der Waals surface area contributed by atoms with E-state index in [1.54, 1.807) is 7.11 Å². The minimum atomic E-state index is -0.0319. The molecule has 1 fully saturated rings. The first-order valence-corrected chi connectivity index (χ1v) is 6.26. The quantitative estimate of drug-likeness (QED) is 0.787. The van der Waals surface area contributed by atoms with Crippen molar-refractivity contribution in [3.63, 3.8) is 0 Å². The number of ether oxygens (including phenoxy) is 1. The third-order valence-corrected chi connectivity index (χ3v) is 3.35. The summed E-state index contributed by atoms with van der Waals surface area (Å²) in [6, 6.07) is 8.82. The lowest BCUT2D eigenvalue weighted by Gasteiger charge is -2.30. The highest BCUT2D eigenvalue weighted by molar-refractivity contribution is 5.34. The van der Waals surface area contributed by atoms with Gasteiger partial charge in [-0.25, -0.2) is 0 Å². The standard InChI is InChI=1S/C14H22N2O/c1-14(10-15,16-12-7-8-12)9-11-5-3-4-6-13(11)17-2/h3-6,12,16H,7-10,15H2,1-2H3. The molecule has 17 heavy (non-hydrogen) atoms. The molecule has 0 radical (unpaired) electrons. The SMILES string of the molecule is COc1ccccc1CC(C)(CN)NC1CC1. The molecule has 0 aromatic heterocycles. The van der Waals surface area contributed by atoms with E-state index in [1.165, 1.54) is 18.4 Å². The van der Waals surface area contributed by atoms with E-state index >= 15 is 0 Å². The largest absolute Gasteiger partial charge is 0.496 e. The van der Waals surface area contributed by atoms with Crippen LogP contribution < -0.4 is 15.8 Å². The maximum absolute atomic E-state index is 5.92. The second kappa shape index (κ2) is 5.07. The zero-order valence-corrected chi connectivity index (χ0v) is 10.7. The molecule has 0 bridgehead atoms. The fourth-order valence-corrected chi connectivity index (χ4v) is 2.17. The maximum Gasteiger partial charge on any atom is 0.122 e. The first-order valence-electron chi connectivity index (χ1n) is 6.26. The zero-order chi connectivity index (χ0) is 12.3. The summed E-state index contributed by atoms with van der Waals surface area (Å²) < 4.78 is 5.39. The van der Waals surface area contributed by atoms with Crippen LogP contribution in [0, 0.1) is 0 Å². The van der Waals surface area contributed by atoms with Crippen LogP contribution >= 0.6 is 0 Å². The molecule has 94 valence electrons. The third kappa shape index (κ3) is 3.20. The summed E-state index contributed by atoms with van der Waals surface area (Å²) >= 11 is 0. The molecule has 0 heterocycles. The normalized spacial score (nSPS) is 18.8. The molecule has 1 saturated carbocycles. The van der Waals surface area contributed by atoms with E-state index in [4.69, 9.17) is 10.5 Å². The fourth-order valence-electron chi connectivity index (χ4n) is 2.17. The second-order valence-electron chi connectivity index (χ2n) is 5.17. The maximum atomic E-state index is 5.92. The molecule has 3 N–H and O–H groups in total. The van der Waals surface area contributed by atoms with Crippen LogP contribution in [0.15, 0.2) is 24.3 Å². The molecule has 0 saturated heterocycles. The smallest absolute Gasteiger partial charge is 0.122 e. The van der Waals surface area contributed by atoms with Gasteiger partial charge in [-0.3, -0.25) is 0 Å². The lowest BCUT2D eigenvalue weighted by molar-refractivity contribution is 0.347. The van der Waals surface area contributed by atoms with Crippen molar-refractivity contribution in [2.24, 2.45) is 5.73 Å². The first kappa shape index (κ1) is 12.4. The van der Waals surface area contributed by atoms with E-state index in [-0.39, 0.29) is 5.54 Å². The van der Waals surface area contributed by atoms with Gasteiger partial charge in [0.1, 0.15) is 5.75 Å². The van der Waals surface area contributed by atoms with Crippen LogP contribution in [0.3, 0.4) is 0 Å². The van der Waals surface area contributed by atoms with Crippen molar-refractivity contribution in [2.45, 2.75) is 37.8 Å². The molecule has 1 aliphatic rings. The molecule has 1 aromatic rings. The van der Waals surface area contributed by atoms with Crippen LogP contribution in [-0.4, -0.2) is 25.2 Å². The van der Waals surface area contributed by atoms with Gasteiger partial charge in [-0.05, 0) is 37.8 Å². The van der Waals surface area contributed by atoms with E-state index in [1.807, 2.05) is 18.2 Å². The number of methoxy groups -OCH3 is 1. The summed E-state index contributed by atoms with van der Waals surface area (Å²) in [7, 11) is 1.72. The highest BCUT2D eigenvalue weighted by atomic mass is 16.5. The predicted molar refractivity (Wildman–Crippen MR) is 70.3 cm³/mol. The Kier molecular flexibility index (Phi) is 3.69. The van der Waals surface area contributed by atoms with Gasteiger partial charge in [-0.1, -0.05) is 18.2 Å². The minimum absolute atomic E-state index is 0.0319. The van der Waals surface area contributed by atoms with Crippen molar-refractivity contribution in [3.8, 4) is 5.75 Å². The lowest BCUT2D eigenvalue weighted by Crippen LogP contribution is -2.51. The summed E-state index contributed by atoms with van der Waals surface area (Å²) in [5.41, 5.74) is 7.11. The van der Waals surface area contributed by atoms with Gasteiger partial charge in [0.15, 0.2) is 0 Å². The number of hydrogen-bond donors (Lipinski definition) is 2. The summed E-state index contributed by atoms with van der Waals surface area (Å²) in [5, 5.41) is 3.64. The molecule has 1 atom stereocenters. The Balaban J connectivity index is 2.10. The Labute approximate surface area is 103 Å². The van der Waals surface area contributed by atoms with Gasteiger partial charge in [-0.15, -0.1) is 0 Å². The van der Waals surface area contributed by atoms with Crippen molar-refractivity contribution in [1.82, 2.24) is 5.32 Å². The van der Waals surface area contributed by atoms with Crippen LogP contribution in [0.5, 0.6) is 5.75 Å². The molecule has 0 aliphatic heterocycles. The Hall–Kier alpha value is -1.06. The number of nitrogens with one attached hydrogen (secondary N) is 1. The molecule has 1 aliphatic carbocycles. The topological polar surface area (TPSA) is 47.3 Å². The van der Waals surface area contributed by atoms with Crippen LogP contribution in [0.1, 0.15) is 25.3 Å². The van der Waals surface area contributed by atoms with Gasteiger partial charge in [0.25, 0.3) is 0 Å². The molecule has 0 amide bonds. The predicted octanol–water partition coefficient (Wildman–Crippen LogP) is 1.71. The Bertz CT molecular complexity index is 376. The molecule has 1 aromatic carbocycles. The monoisotopic (exact) mass is 234 g/mol. The lowest BCUT2D eigenvalue weighted by atomic mass is 9.92. The van der Waals surface area contributed by atoms with E-state index in [0.717, 1.165) is 12.2 Å². The van der Waals surface area contributed by atoms with E-state index in [2.05, 4.69) is 18.3 Å². The van der Waals surface area contributed by atoms with E-state index in [0.29, 0.717) is 12.6 Å². The summed E-state index contributed by atoms with van der Waals surface area (Å²) in [4.78, 5) is 0. The van der Waals surface area contributed by atoms with Crippen molar-refractivity contribution < 1.29 is 4.74 Å². The van der Waals surface area contributed by atoms with Crippen molar-refractivity contribution in [3.05, 3.63) is 29.8 Å². The highest BCUT2D eigenvalue weighted by Crippen LogP contribution is 2.27. The Morgan fingerprint density at radius 1 is 1.41 bits per heavy atom. The fraction of sp³-hybridized carbons (Fsp3) is 0.571. The number of benzene rings is 1. The number of para-hydroxylation sites is 1. The average molecular weight is 234 g/mol. The van der Waals surface area contributed by atoms with Gasteiger partial charge < -0.3 is 15.8 Å². The van der Waals surface area contributed by atoms with Crippen LogP contribution in [0.25, 0.3) is 0 Å². The van der Waals surface area contributed by atoms with Gasteiger partial charge >= 0.3 is 0 Å². The summed E-state index contributed by atoms with van der Waals surface area (Å²) in [5.74, 6) is 0.949. The minimum Gasteiger partial charge on any atom is -0.496 e. The molecular weight excluding hydrogens is 212 g/mol. The van der Waals surface area contributed by atoms with Crippen molar-refractivity contribution in [2.75, 3.05) is 13.7 Å². The average Bonchev–Trinajstić information content (AvgIpc) is 3.13. The van der Waals surface area contributed by atoms with Crippen LogP contribution in [-0.2, 0) is 6.42 Å². The Morgan fingerprint density at radius 3 is 2.71 bits per heavy atom. The van der Waals surface area contributed by atoms with Crippen molar-refractivity contribution >= 4 is 0 Å². The van der Waals surface area contributed by atoms with Crippen LogP contribution in [0.2, 0.25) is 0 Å².